The molecule has 0 N–H and O–H groups in total. The Balaban J connectivity index is 2.42. The maximum atomic E-state index is 11.2. The van der Waals surface area contributed by atoms with Crippen molar-refractivity contribution in [3.05, 3.63) is 41.5 Å². The van der Waals surface area contributed by atoms with E-state index in [4.69, 9.17) is 0 Å². The molecule has 2 rings (SSSR count). The first-order chi connectivity index (χ1) is 6.29. The molecule has 0 fully saturated rings. The van der Waals surface area contributed by atoms with Crippen LogP contribution in [0.3, 0.4) is 0 Å². The van der Waals surface area contributed by atoms with E-state index in [1.165, 1.54) is 11.1 Å². The Morgan fingerprint density at radius 1 is 1.23 bits per heavy atom. The molecular weight excluding hydrogens is 160 g/mol. The van der Waals surface area contributed by atoms with E-state index in [0.717, 1.165) is 12.0 Å². The standard InChI is InChI=1S/C12H12O/c1-2-9-3-4-11-8-12(13)6-5-10(11)7-9/h2-4,7H,1,5-6,8H2. The highest BCUT2D eigenvalue weighted by Gasteiger charge is 2.14. The molecule has 0 bridgehead atoms. The second kappa shape index (κ2) is 3.17. The summed E-state index contributed by atoms with van der Waals surface area (Å²) in [6.07, 6.45) is 4.06. The van der Waals surface area contributed by atoms with Crippen LogP contribution < -0.4 is 0 Å². The second-order valence-corrected chi connectivity index (χ2v) is 3.45. The number of aryl methyl sites for hydroxylation is 1. The monoisotopic (exact) mass is 172 g/mol. The van der Waals surface area contributed by atoms with Gasteiger partial charge in [-0.3, -0.25) is 4.79 Å². The highest BCUT2D eigenvalue weighted by molar-refractivity contribution is 5.83. The third-order valence-corrected chi connectivity index (χ3v) is 2.53. The maximum absolute atomic E-state index is 11.2. The molecular formula is C12H12O. The van der Waals surface area contributed by atoms with Crippen LogP contribution in [-0.2, 0) is 17.6 Å². The van der Waals surface area contributed by atoms with Crippen molar-refractivity contribution >= 4 is 11.9 Å². The van der Waals surface area contributed by atoms with Gasteiger partial charge in [-0.1, -0.05) is 30.9 Å². The summed E-state index contributed by atoms with van der Waals surface area (Å²) >= 11 is 0. The number of carbonyl (C=O) groups is 1. The van der Waals surface area contributed by atoms with E-state index in [1.54, 1.807) is 0 Å². The van der Waals surface area contributed by atoms with Gasteiger partial charge in [0.25, 0.3) is 0 Å². The molecule has 0 spiro atoms. The fraction of sp³-hybridized carbons (Fsp3) is 0.250. The first kappa shape index (κ1) is 8.24. The molecule has 1 nitrogen and oxygen atoms in total. The van der Waals surface area contributed by atoms with Crippen molar-refractivity contribution < 1.29 is 4.79 Å². The summed E-state index contributed by atoms with van der Waals surface area (Å²) in [5.41, 5.74) is 3.66. The van der Waals surface area contributed by atoms with Crippen LogP contribution in [0.5, 0.6) is 0 Å². The summed E-state index contributed by atoms with van der Waals surface area (Å²) in [6.45, 7) is 3.73. The molecule has 0 radical (unpaired) electrons. The fourth-order valence-electron chi connectivity index (χ4n) is 1.75. The van der Waals surface area contributed by atoms with Crippen LogP contribution in [0.2, 0.25) is 0 Å². The van der Waals surface area contributed by atoms with Gasteiger partial charge in [-0.05, 0) is 23.1 Å². The Labute approximate surface area is 78.1 Å². The second-order valence-electron chi connectivity index (χ2n) is 3.45. The van der Waals surface area contributed by atoms with Gasteiger partial charge in [0.2, 0.25) is 0 Å². The third kappa shape index (κ3) is 1.55. The van der Waals surface area contributed by atoms with Gasteiger partial charge in [-0.25, -0.2) is 0 Å². The smallest absolute Gasteiger partial charge is 0.137 e. The zero-order valence-corrected chi connectivity index (χ0v) is 7.55. The van der Waals surface area contributed by atoms with Crippen molar-refractivity contribution in [3.63, 3.8) is 0 Å². The van der Waals surface area contributed by atoms with Crippen molar-refractivity contribution in [2.24, 2.45) is 0 Å². The predicted octanol–water partition coefficient (Wildman–Crippen LogP) is 2.39. The Hall–Kier alpha value is -1.37. The molecule has 1 aromatic carbocycles. The van der Waals surface area contributed by atoms with Crippen molar-refractivity contribution in [1.82, 2.24) is 0 Å². The minimum absolute atomic E-state index is 0.360. The van der Waals surface area contributed by atoms with Crippen LogP contribution in [0.4, 0.5) is 0 Å². The Kier molecular flexibility index (Phi) is 2.01. The molecule has 0 aromatic heterocycles. The van der Waals surface area contributed by atoms with Gasteiger partial charge in [0, 0.05) is 12.8 Å². The normalized spacial score (nSPS) is 15.2. The molecule has 0 unspecified atom stereocenters. The molecule has 0 aliphatic heterocycles. The SMILES string of the molecule is C=Cc1ccc2c(c1)CCC(=O)C2. The van der Waals surface area contributed by atoms with Gasteiger partial charge >= 0.3 is 0 Å². The van der Waals surface area contributed by atoms with Crippen molar-refractivity contribution in [2.45, 2.75) is 19.3 Å². The highest BCUT2D eigenvalue weighted by atomic mass is 16.1. The van der Waals surface area contributed by atoms with Crippen LogP contribution in [0.1, 0.15) is 23.1 Å². The molecule has 66 valence electrons. The summed E-state index contributed by atoms with van der Waals surface area (Å²) < 4.78 is 0. The van der Waals surface area contributed by atoms with Crippen LogP contribution in [-0.4, -0.2) is 5.78 Å². The van der Waals surface area contributed by atoms with E-state index >= 15 is 0 Å². The first-order valence-electron chi connectivity index (χ1n) is 4.55. The molecule has 1 heteroatoms. The van der Waals surface area contributed by atoms with Crippen molar-refractivity contribution in [1.29, 1.82) is 0 Å². The summed E-state index contributed by atoms with van der Waals surface area (Å²) in [4.78, 5) is 11.2. The summed E-state index contributed by atoms with van der Waals surface area (Å²) in [5.74, 6) is 0.360. The number of fused-ring (bicyclic) bond motifs is 1. The van der Waals surface area contributed by atoms with Crippen molar-refractivity contribution in [2.75, 3.05) is 0 Å². The minimum atomic E-state index is 0.360. The quantitative estimate of drug-likeness (QED) is 0.635. The van der Waals surface area contributed by atoms with Gasteiger partial charge in [0.15, 0.2) is 0 Å². The first-order valence-corrected chi connectivity index (χ1v) is 4.55. The van der Waals surface area contributed by atoms with Gasteiger partial charge in [-0.2, -0.15) is 0 Å². The van der Waals surface area contributed by atoms with E-state index in [2.05, 4.69) is 12.6 Å². The Morgan fingerprint density at radius 2 is 2.08 bits per heavy atom. The van der Waals surface area contributed by atoms with E-state index in [-0.39, 0.29) is 0 Å². The largest absolute Gasteiger partial charge is 0.299 e. The lowest BCUT2D eigenvalue weighted by molar-refractivity contribution is -0.118. The fourth-order valence-corrected chi connectivity index (χ4v) is 1.75. The predicted molar refractivity (Wildman–Crippen MR) is 53.6 cm³/mol. The van der Waals surface area contributed by atoms with Crippen molar-refractivity contribution in [3.8, 4) is 0 Å². The molecule has 1 aliphatic carbocycles. The number of ketones is 1. The van der Waals surface area contributed by atoms with Gasteiger partial charge in [0.05, 0.1) is 0 Å². The van der Waals surface area contributed by atoms with E-state index in [0.29, 0.717) is 18.6 Å². The number of Topliss-reactive ketones (excluding diaryl/α,β-unsaturated/α-hetero) is 1. The average molecular weight is 172 g/mol. The van der Waals surface area contributed by atoms with Gasteiger partial charge in [-0.15, -0.1) is 0 Å². The molecule has 0 saturated carbocycles. The molecule has 0 heterocycles. The molecule has 1 aliphatic rings. The summed E-state index contributed by atoms with van der Waals surface area (Å²) in [7, 11) is 0. The van der Waals surface area contributed by atoms with Crippen LogP contribution in [0.15, 0.2) is 24.8 Å². The van der Waals surface area contributed by atoms with Gasteiger partial charge in [0.1, 0.15) is 5.78 Å². The lowest BCUT2D eigenvalue weighted by Crippen LogP contribution is -2.12. The maximum Gasteiger partial charge on any atom is 0.137 e. The summed E-state index contributed by atoms with van der Waals surface area (Å²) in [6, 6.07) is 6.20. The number of hydrogen-bond donors (Lipinski definition) is 0. The van der Waals surface area contributed by atoms with Crippen LogP contribution in [0, 0.1) is 0 Å². The lowest BCUT2D eigenvalue weighted by atomic mass is 9.90. The molecule has 1 aromatic rings. The minimum Gasteiger partial charge on any atom is -0.299 e. The number of carbonyl (C=O) groups excluding carboxylic acids is 1. The van der Waals surface area contributed by atoms with Crippen LogP contribution >= 0.6 is 0 Å². The topological polar surface area (TPSA) is 17.1 Å². The molecule has 0 saturated heterocycles. The van der Waals surface area contributed by atoms with E-state index in [9.17, 15) is 4.79 Å². The zero-order valence-electron chi connectivity index (χ0n) is 7.55. The average Bonchev–Trinajstić information content (AvgIpc) is 2.17. The number of benzene rings is 1. The van der Waals surface area contributed by atoms with E-state index < -0.39 is 0 Å². The highest BCUT2D eigenvalue weighted by Crippen LogP contribution is 2.20. The van der Waals surface area contributed by atoms with Gasteiger partial charge < -0.3 is 0 Å². The lowest BCUT2D eigenvalue weighted by Gasteiger charge is -2.14. The Morgan fingerprint density at radius 3 is 2.85 bits per heavy atom. The molecule has 13 heavy (non-hydrogen) atoms. The Bertz CT molecular complexity index is 363. The van der Waals surface area contributed by atoms with E-state index in [1.807, 2.05) is 18.2 Å². The number of rotatable bonds is 1. The molecule has 0 amide bonds. The van der Waals surface area contributed by atoms with Crippen LogP contribution in [0.25, 0.3) is 6.08 Å². The third-order valence-electron chi connectivity index (χ3n) is 2.53. The zero-order chi connectivity index (χ0) is 9.26. The number of hydrogen-bond acceptors (Lipinski definition) is 1. The molecule has 0 atom stereocenters. The summed E-state index contributed by atoms with van der Waals surface area (Å²) in [5, 5.41) is 0.